The average Bonchev–Trinajstić information content (AvgIpc) is 2.35. The second kappa shape index (κ2) is 6.68. The maximum Gasteiger partial charge on any atom is 0.263 e. The molecule has 0 saturated heterocycles. The lowest BCUT2D eigenvalue weighted by Gasteiger charge is -2.08. The minimum absolute atomic E-state index is 0.0110. The molecular weight excluding hydrogens is 280 g/mol. The van der Waals surface area contributed by atoms with Gasteiger partial charge in [0.25, 0.3) is 10.0 Å². The van der Waals surface area contributed by atoms with Crippen LogP contribution in [0.2, 0.25) is 5.02 Å². The molecule has 0 amide bonds. The molecule has 8 heteroatoms. The molecule has 0 fully saturated rings. The van der Waals surface area contributed by atoms with Crippen LogP contribution in [0.15, 0.2) is 23.1 Å². The van der Waals surface area contributed by atoms with Gasteiger partial charge in [-0.25, -0.2) is 8.42 Å². The predicted octanol–water partition coefficient (Wildman–Crippen LogP) is 1.07. The van der Waals surface area contributed by atoms with Gasteiger partial charge in [0, 0.05) is 7.11 Å². The SMILES string of the molecule is COCCONS(=O)(=O)c1cc(C#N)ccc1Cl. The smallest absolute Gasteiger partial charge is 0.263 e. The largest absolute Gasteiger partial charge is 0.382 e. The fourth-order valence-corrected chi connectivity index (χ4v) is 2.43. The van der Waals surface area contributed by atoms with Crippen LogP contribution in [-0.4, -0.2) is 28.7 Å². The number of rotatable bonds is 6. The molecule has 0 saturated carbocycles. The van der Waals surface area contributed by atoms with Crippen LogP contribution in [0.5, 0.6) is 0 Å². The lowest BCUT2D eigenvalue weighted by atomic mass is 10.2. The molecule has 98 valence electrons. The number of sulfonamides is 1. The first-order valence-corrected chi connectivity index (χ1v) is 6.69. The van der Waals surface area contributed by atoms with E-state index in [1.807, 2.05) is 11.0 Å². The lowest BCUT2D eigenvalue weighted by Crippen LogP contribution is -2.26. The number of halogens is 1. The molecule has 0 aliphatic carbocycles. The maximum absolute atomic E-state index is 11.8. The quantitative estimate of drug-likeness (QED) is 0.625. The fraction of sp³-hybridized carbons (Fsp3) is 0.300. The van der Waals surface area contributed by atoms with Crippen LogP contribution in [0.25, 0.3) is 0 Å². The van der Waals surface area contributed by atoms with E-state index >= 15 is 0 Å². The minimum atomic E-state index is -3.91. The highest BCUT2D eigenvalue weighted by molar-refractivity contribution is 7.89. The van der Waals surface area contributed by atoms with Crippen molar-refractivity contribution in [3.05, 3.63) is 28.8 Å². The van der Waals surface area contributed by atoms with E-state index in [-0.39, 0.29) is 28.7 Å². The van der Waals surface area contributed by atoms with Crippen LogP contribution >= 0.6 is 11.6 Å². The summed E-state index contributed by atoms with van der Waals surface area (Å²) in [6, 6.07) is 5.76. The summed E-state index contributed by atoms with van der Waals surface area (Å²) >= 11 is 5.77. The lowest BCUT2D eigenvalue weighted by molar-refractivity contribution is 0.0438. The van der Waals surface area contributed by atoms with Crippen LogP contribution < -0.4 is 4.89 Å². The van der Waals surface area contributed by atoms with Crippen LogP contribution in [0.4, 0.5) is 0 Å². The molecule has 18 heavy (non-hydrogen) atoms. The molecule has 0 heterocycles. The summed E-state index contributed by atoms with van der Waals surface area (Å²) < 4.78 is 28.3. The highest BCUT2D eigenvalue weighted by atomic mass is 35.5. The van der Waals surface area contributed by atoms with E-state index in [2.05, 4.69) is 0 Å². The van der Waals surface area contributed by atoms with Crippen LogP contribution in [-0.2, 0) is 19.6 Å². The average molecular weight is 291 g/mol. The molecule has 0 aliphatic heterocycles. The summed E-state index contributed by atoms with van der Waals surface area (Å²) in [6.07, 6.45) is 0. The summed E-state index contributed by atoms with van der Waals surface area (Å²) in [5.74, 6) is 0. The third-order valence-corrected chi connectivity index (χ3v) is 3.60. The second-order valence-corrected chi connectivity index (χ2v) is 5.21. The van der Waals surface area contributed by atoms with Crippen LogP contribution in [0.3, 0.4) is 0 Å². The van der Waals surface area contributed by atoms with Crippen molar-refractivity contribution in [3.63, 3.8) is 0 Å². The second-order valence-electron chi connectivity index (χ2n) is 3.19. The van der Waals surface area contributed by atoms with Gasteiger partial charge >= 0.3 is 0 Å². The Labute approximate surface area is 110 Å². The van der Waals surface area contributed by atoms with Crippen molar-refractivity contribution < 1.29 is 18.0 Å². The first-order chi connectivity index (χ1) is 8.51. The molecule has 0 spiro atoms. The Balaban J connectivity index is 2.88. The molecule has 0 radical (unpaired) electrons. The van der Waals surface area contributed by atoms with Gasteiger partial charge in [-0.1, -0.05) is 16.5 Å². The molecule has 1 aromatic rings. The molecule has 6 nitrogen and oxygen atoms in total. The number of methoxy groups -OCH3 is 1. The Kier molecular flexibility index (Phi) is 5.53. The Hall–Kier alpha value is -1.17. The highest BCUT2D eigenvalue weighted by Gasteiger charge is 2.18. The van der Waals surface area contributed by atoms with E-state index in [4.69, 9.17) is 26.4 Å². The number of hydrogen-bond donors (Lipinski definition) is 1. The number of ether oxygens (including phenoxy) is 1. The predicted molar refractivity (Wildman–Crippen MR) is 64.3 cm³/mol. The van der Waals surface area contributed by atoms with Crippen molar-refractivity contribution in [2.45, 2.75) is 4.90 Å². The molecule has 0 bridgehead atoms. The molecular formula is C10H11ClN2O4S. The van der Waals surface area contributed by atoms with Gasteiger partial charge in [-0.05, 0) is 18.2 Å². The van der Waals surface area contributed by atoms with E-state index < -0.39 is 10.0 Å². The van der Waals surface area contributed by atoms with E-state index in [0.717, 1.165) is 0 Å². The molecule has 0 unspecified atom stereocenters. The van der Waals surface area contributed by atoms with Gasteiger partial charge in [0.15, 0.2) is 0 Å². The fourth-order valence-electron chi connectivity index (χ4n) is 1.07. The van der Waals surface area contributed by atoms with Crippen molar-refractivity contribution in [1.29, 1.82) is 5.26 Å². The summed E-state index contributed by atoms with van der Waals surface area (Å²) in [7, 11) is -2.45. The molecule has 0 aromatic heterocycles. The zero-order valence-electron chi connectivity index (χ0n) is 9.51. The topological polar surface area (TPSA) is 88.4 Å². The summed E-state index contributed by atoms with van der Waals surface area (Å²) in [4.78, 5) is 6.41. The van der Waals surface area contributed by atoms with Gasteiger partial charge in [-0.3, -0.25) is 4.84 Å². The molecule has 1 aromatic carbocycles. The van der Waals surface area contributed by atoms with Gasteiger partial charge in [0.2, 0.25) is 0 Å². The Morgan fingerprint density at radius 3 is 2.78 bits per heavy atom. The van der Waals surface area contributed by atoms with Crippen molar-refractivity contribution in [2.75, 3.05) is 20.3 Å². The maximum atomic E-state index is 11.8. The Morgan fingerprint density at radius 2 is 2.17 bits per heavy atom. The third-order valence-electron chi connectivity index (χ3n) is 1.91. The number of benzene rings is 1. The van der Waals surface area contributed by atoms with Crippen molar-refractivity contribution in [3.8, 4) is 6.07 Å². The summed E-state index contributed by atoms with van der Waals surface area (Å²) in [6.45, 7) is 0.305. The minimum Gasteiger partial charge on any atom is -0.382 e. The number of nitriles is 1. The number of nitrogens with one attached hydrogen (secondary N) is 1. The van der Waals surface area contributed by atoms with E-state index in [1.165, 1.54) is 25.3 Å². The molecule has 0 aliphatic rings. The first-order valence-electron chi connectivity index (χ1n) is 4.83. The Morgan fingerprint density at radius 1 is 1.44 bits per heavy atom. The van der Waals surface area contributed by atoms with Gasteiger partial charge in [0.1, 0.15) is 4.90 Å². The highest BCUT2D eigenvalue weighted by Crippen LogP contribution is 2.22. The van der Waals surface area contributed by atoms with E-state index in [1.54, 1.807) is 0 Å². The zero-order chi connectivity index (χ0) is 13.6. The van der Waals surface area contributed by atoms with Crippen LogP contribution in [0, 0.1) is 11.3 Å². The molecule has 1 N–H and O–H groups in total. The summed E-state index contributed by atoms with van der Waals surface area (Å²) in [5.41, 5.74) is 0.191. The molecule has 0 atom stereocenters. The van der Waals surface area contributed by atoms with Gasteiger partial charge in [-0.15, -0.1) is 0 Å². The summed E-state index contributed by atoms with van der Waals surface area (Å²) in [5, 5.41) is 8.72. The number of hydrogen-bond acceptors (Lipinski definition) is 5. The molecule has 1 rings (SSSR count). The van der Waals surface area contributed by atoms with Crippen molar-refractivity contribution in [2.24, 2.45) is 0 Å². The monoisotopic (exact) mass is 290 g/mol. The van der Waals surface area contributed by atoms with Crippen molar-refractivity contribution >= 4 is 21.6 Å². The third kappa shape index (κ3) is 3.94. The first kappa shape index (κ1) is 14.9. The number of nitrogens with zero attached hydrogens (tertiary/aromatic N) is 1. The Bertz CT molecular complexity index is 553. The van der Waals surface area contributed by atoms with Gasteiger partial charge < -0.3 is 4.74 Å². The standard InChI is InChI=1S/C10H11ClN2O4S/c1-16-4-5-17-13-18(14,15)10-6-8(7-12)2-3-9(10)11/h2-3,6,13H,4-5H2,1H3. The van der Waals surface area contributed by atoms with Gasteiger partial charge in [0.05, 0.1) is 29.9 Å². The van der Waals surface area contributed by atoms with Gasteiger partial charge in [-0.2, -0.15) is 5.26 Å². The zero-order valence-corrected chi connectivity index (χ0v) is 11.1. The van der Waals surface area contributed by atoms with Crippen molar-refractivity contribution in [1.82, 2.24) is 4.89 Å². The van der Waals surface area contributed by atoms with E-state index in [9.17, 15) is 8.42 Å². The van der Waals surface area contributed by atoms with E-state index in [0.29, 0.717) is 0 Å². The van der Waals surface area contributed by atoms with Crippen LogP contribution in [0.1, 0.15) is 5.56 Å². The normalized spacial score (nSPS) is 11.2.